The van der Waals surface area contributed by atoms with Gasteiger partial charge in [0, 0.05) is 5.94 Å². The molecule has 0 saturated carbocycles. The van der Waals surface area contributed by atoms with Crippen LogP contribution in [0.1, 0.15) is 6.92 Å². The van der Waals surface area contributed by atoms with Crippen molar-refractivity contribution in [2.45, 2.75) is 31.2 Å². The van der Waals surface area contributed by atoms with Gasteiger partial charge in [0.1, 0.15) is 7.85 Å². The molecule has 0 spiro atoms. The molecule has 4 nitrogen and oxygen atoms in total. The third-order valence-electron chi connectivity index (χ3n) is 3.15. The van der Waals surface area contributed by atoms with E-state index in [0.717, 1.165) is 0 Å². The number of halogens is 3. The third-order valence-corrected chi connectivity index (χ3v) is 3.15. The Labute approximate surface area is 91.4 Å². The van der Waals surface area contributed by atoms with E-state index < -0.39 is 42.7 Å². The maximum absolute atomic E-state index is 12.3. The van der Waals surface area contributed by atoms with Crippen LogP contribution in [0, 0.1) is 5.92 Å². The number of likely N-dealkylation sites (tertiary alicyclic amines) is 1. The molecule has 0 aromatic rings. The summed E-state index contributed by atoms with van der Waals surface area (Å²) >= 11 is 0. The van der Waals surface area contributed by atoms with Gasteiger partial charge in [-0.2, -0.15) is 13.2 Å². The highest BCUT2D eigenvalue weighted by atomic mass is 19.4. The predicted octanol–water partition coefficient (Wildman–Crippen LogP) is -1.29. The van der Waals surface area contributed by atoms with Gasteiger partial charge < -0.3 is 15.1 Å². The molecule has 2 N–H and O–H groups in total. The molecule has 4 atom stereocenters. The first-order valence-corrected chi connectivity index (χ1v) is 4.90. The van der Waals surface area contributed by atoms with Crippen molar-refractivity contribution in [3.8, 4) is 0 Å². The summed E-state index contributed by atoms with van der Waals surface area (Å²) in [4.78, 5) is 11.6. The van der Waals surface area contributed by atoms with Gasteiger partial charge in [-0.15, -0.1) is 0 Å². The molecule has 16 heavy (non-hydrogen) atoms. The molecule has 1 aliphatic rings. The molecule has 1 aliphatic heterocycles. The van der Waals surface area contributed by atoms with Crippen LogP contribution in [-0.4, -0.2) is 59.7 Å². The van der Waals surface area contributed by atoms with Gasteiger partial charge in [0.2, 0.25) is 0 Å². The van der Waals surface area contributed by atoms with Gasteiger partial charge in [-0.3, -0.25) is 4.79 Å². The molecule has 1 heterocycles. The van der Waals surface area contributed by atoms with Crippen LogP contribution in [0.15, 0.2) is 0 Å². The molecular formula is C8H13BF3NO3. The maximum Gasteiger partial charge on any atom is 0.471 e. The Morgan fingerprint density at radius 2 is 2.00 bits per heavy atom. The van der Waals surface area contributed by atoms with Crippen molar-refractivity contribution in [2.24, 2.45) is 5.92 Å². The Bertz CT molecular complexity index is 286. The van der Waals surface area contributed by atoms with Crippen LogP contribution in [0.5, 0.6) is 0 Å². The fourth-order valence-electron chi connectivity index (χ4n) is 2.03. The number of hydrogen-bond acceptors (Lipinski definition) is 3. The van der Waals surface area contributed by atoms with Gasteiger partial charge in [0.25, 0.3) is 0 Å². The highest BCUT2D eigenvalue weighted by Gasteiger charge is 2.53. The first kappa shape index (κ1) is 13.3. The SMILES string of the molecule is B[C@H]1[C@@H](C)[C@H](O)[C@@H](CO)N1C(=O)C(F)(F)F. The molecule has 0 aromatic carbocycles. The molecule has 1 amide bonds. The Morgan fingerprint density at radius 1 is 1.50 bits per heavy atom. The van der Waals surface area contributed by atoms with Crippen molar-refractivity contribution in [1.82, 2.24) is 4.90 Å². The number of amides is 1. The van der Waals surface area contributed by atoms with Crippen LogP contribution in [0.25, 0.3) is 0 Å². The number of carbonyl (C=O) groups excluding carboxylic acids is 1. The minimum absolute atomic E-state index is 0.497. The fraction of sp³-hybridized carbons (Fsp3) is 0.875. The summed E-state index contributed by atoms with van der Waals surface area (Å²) in [5.74, 6) is -3.26. The molecule has 0 bridgehead atoms. The number of rotatable bonds is 1. The van der Waals surface area contributed by atoms with Crippen molar-refractivity contribution in [3.05, 3.63) is 0 Å². The Morgan fingerprint density at radius 3 is 2.38 bits per heavy atom. The molecule has 1 rings (SSSR count). The van der Waals surface area contributed by atoms with Crippen LogP contribution < -0.4 is 0 Å². The van der Waals surface area contributed by atoms with E-state index >= 15 is 0 Å². The molecule has 0 unspecified atom stereocenters. The standard InChI is InChI=1S/C8H13BF3NO3/c1-3-5(15)4(2-14)13(6(3)9)7(16)8(10,11)12/h3-6,14-15H,2,9H2,1H3/t3-,4+,5-,6+/m0/s1. The number of aliphatic hydroxyl groups excluding tert-OH is 2. The van der Waals surface area contributed by atoms with E-state index in [4.69, 9.17) is 5.11 Å². The summed E-state index contributed by atoms with van der Waals surface area (Å²) in [6, 6.07) is -1.18. The number of alkyl halides is 3. The summed E-state index contributed by atoms with van der Waals surface area (Å²) in [5, 5.41) is 18.5. The second kappa shape index (κ2) is 4.25. The van der Waals surface area contributed by atoms with E-state index in [9.17, 15) is 23.1 Å². The summed E-state index contributed by atoms with van der Waals surface area (Å²) in [6.07, 6.45) is -6.11. The Kier molecular flexibility index (Phi) is 3.54. The monoisotopic (exact) mass is 239 g/mol. The van der Waals surface area contributed by atoms with E-state index in [-0.39, 0.29) is 0 Å². The molecule has 0 aliphatic carbocycles. The molecule has 92 valence electrons. The number of aliphatic hydroxyl groups is 2. The van der Waals surface area contributed by atoms with Crippen LogP contribution in [0.2, 0.25) is 0 Å². The lowest BCUT2D eigenvalue weighted by molar-refractivity contribution is -0.188. The second-order valence-corrected chi connectivity index (χ2v) is 4.05. The van der Waals surface area contributed by atoms with Gasteiger partial charge in [-0.1, -0.05) is 6.92 Å². The Hall–Kier alpha value is -0.755. The zero-order chi connectivity index (χ0) is 12.7. The van der Waals surface area contributed by atoms with Crippen LogP contribution in [0.3, 0.4) is 0 Å². The van der Waals surface area contributed by atoms with Crippen molar-refractivity contribution in [3.63, 3.8) is 0 Å². The summed E-state index contributed by atoms with van der Waals surface area (Å²) < 4.78 is 36.9. The van der Waals surface area contributed by atoms with E-state index in [0.29, 0.717) is 4.90 Å². The number of hydrogen-bond donors (Lipinski definition) is 2. The van der Waals surface area contributed by atoms with Gasteiger partial charge >= 0.3 is 12.1 Å². The first-order chi connectivity index (χ1) is 7.21. The quantitative estimate of drug-likeness (QED) is 0.559. The average Bonchev–Trinajstić information content (AvgIpc) is 2.39. The summed E-state index contributed by atoms with van der Waals surface area (Å²) in [5.41, 5.74) is 0. The molecule has 1 fully saturated rings. The normalized spacial score (nSPS) is 35.5. The third kappa shape index (κ3) is 2.03. The predicted molar refractivity (Wildman–Crippen MR) is 51.3 cm³/mol. The van der Waals surface area contributed by atoms with Gasteiger partial charge in [-0.25, -0.2) is 0 Å². The first-order valence-electron chi connectivity index (χ1n) is 4.90. The molecule has 0 aromatic heterocycles. The zero-order valence-corrected chi connectivity index (χ0v) is 8.90. The molecule has 8 heteroatoms. The van der Waals surface area contributed by atoms with Gasteiger partial charge in [-0.05, 0) is 5.92 Å². The average molecular weight is 239 g/mol. The van der Waals surface area contributed by atoms with Crippen molar-refractivity contribution >= 4 is 13.8 Å². The second-order valence-electron chi connectivity index (χ2n) is 4.05. The lowest BCUT2D eigenvalue weighted by Gasteiger charge is -2.28. The van der Waals surface area contributed by atoms with E-state index in [2.05, 4.69) is 0 Å². The number of carbonyl (C=O) groups is 1. The molecular weight excluding hydrogens is 226 g/mol. The molecule has 1 saturated heterocycles. The summed E-state index contributed by atoms with van der Waals surface area (Å²) in [6.45, 7) is 0.860. The zero-order valence-electron chi connectivity index (χ0n) is 8.90. The van der Waals surface area contributed by atoms with Crippen LogP contribution >= 0.6 is 0 Å². The highest BCUT2D eigenvalue weighted by Crippen LogP contribution is 2.32. The fourth-order valence-corrected chi connectivity index (χ4v) is 2.03. The van der Waals surface area contributed by atoms with Gasteiger partial charge in [0.15, 0.2) is 0 Å². The molecule has 0 radical (unpaired) electrons. The van der Waals surface area contributed by atoms with Crippen molar-refractivity contribution < 1.29 is 28.2 Å². The van der Waals surface area contributed by atoms with E-state index in [1.54, 1.807) is 6.92 Å². The van der Waals surface area contributed by atoms with Gasteiger partial charge in [0.05, 0.1) is 18.8 Å². The largest absolute Gasteiger partial charge is 0.471 e. The summed E-state index contributed by atoms with van der Waals surface area (Å²) in [7, 11) is 1.42. The minimum atomic E-state index is -4.98. The van der Waals surface area contributed by atoms with E-state index in [1.165, 1.54) is 7.85 Å². The van der Waals surface area contributed by atoms with Crippen molar-refractivity contribution in [1.29, 1.82) is 0 Å². The topological polar surface area (TPSA) is 60.8 Å². The Balaban J connectivity index is 2.98. The smallest absolute Gasteiger partial charge is 0.394 e. The van der Waals surface area contributed by atoms with Crippen LogP contribution in [0.4, 0.5) is 13.2 Å². The lowest BCUT2D eigenvalue weighted by Crippen LogP contribution is -2.51. The number of nitrogens with zero attached hydrogens (tertiary/aromatic N) is 1. The van der Waals surface area contributed by atoms with E-state index in [1.807, 2.05) is 0 Å². The minimum Gasteiger partial charge on any atom is -0.394 e. The maximum atomic E-state index is 12.3. The van der Waals surface area contributed by atoms with Crippen LogP contribution in [-0.2, 0) is 4.79 Å². The lowest BCUT2D eigenvalue weighted by atomic mass is 9.84. The highest BCUT2D eigenvalue weighted by molar-refractivity contribution is 6.13. The van der Waals surface area contributed by atoms with Crippen molar-refractivity contribution in [2.75, 3.05) is 6.61 Å².